The number of fused-ring (bicyclic) bond motifs is 1. The molecule has 3 N–H and O–H groups in total. The zero-order valence-electron chi connectivity index (χ0n) is 11.7. The Morgan fingerprint density at radius 1 is 1.29 bits per heavy atom. The molecule has 7 heteroatoms. The average molecular weight is 309 g/mol. The molecular formula is C14H19N3O3S. The van der Waals surface area contributed by atoms with Crippen molar-refractivity contribution in [3.05, 3.63) is 23.8 Å². The van der Waals surface area contributed by atoms with Crippen molar-refractivity contribution >= 4 is 21.7 Å². The lowest BCUT2D eigenvalue weighted by Gasteiger charge is -2.21. The number of carbonyl (C=O) groups is 1. The van der Waals surface area contributed by atoms with Crippen LogP contribution in [0.5, 0.6) is 0 Å². The van der Waals surface area contributed by atoms with Crippen molar-refractivity contribution in [3.8, 4) is 0 Å². The molecule has 0 radical (unpaired) electrons. The number of anilines is 1. The molecule has 2 amide bonds. The fourth-order valence-electron chi connectivity index (χ4n) is 3.09. The van der Waals surface area contributed by atoms with Gasteiger partial charge in [0.15, 0.2) is 0 Å². The summed E-state index contributed by atoms with van der Waals surface area (Å²) in [6, 6.07) is 4.85. The van der Waals surface area contributed by atoms with Gasteiger partial charge in [-0.05, 0) is 43.0 Å². The van der Waals surface area contributed by atoms with Gasteiger partial charge in [0, 0.05) is 18.3 Å². The number of sulfonamides is 1. The van der Waals surface area contributed by atoms with E-state index in [1.807, 2.05) is 0 Å². The van der Waals surface area contributed by atoms with Crippen LogP contribution >= 0.6 is 0 Å². The molecule has 114 valence electrons. The largest absolute Gasteiger partial charge is 0.335 e. The molecule has 0 saturated heterocycles. The van der Waals surface area contributed by atoms with Gasteiger partial charge in [0.25, 0.3) is 0 Å². The molecule has 0 unspecified atom stereocenters. The maximum atomic E-state index is 12.3. The SMILES string of the molecule is NS(=O)(=O)c1ccc2c(c1)CCN2C(=O)NC1CCCC1. The smallest absolute Gasteiger partial charge is 0.322 e. The molecule has 1 saturated carbocycles. The van der Waals surface area contributed by atoms with Gasteiger partial charge in [-0.25, -0.2) is 18.4 Å². The number of hydrogen-bond acceptors (Lipinski definition) is 3. The van der Waals surface area contributed by atoms with Crippen LogP contribution in [0.3, 0.4) is 0 Å². The first-order chi connectivity index (χ1) is 9.95. The molecule has 0 spiro atoms. The minimum absolute atomic E-state index is 0.0935. The normalized spacial score (nSPS) is 18.8. The van der Waals surface area contributed by atoms with Crippen molar-refractivity contribution in [1.82, 2.24) is 5.32 Å². The van der Waals surface area contributed by atoms with Crippen molar-refractivity contribution in [2.75, 3.05) is 11.4 Å². The van der Waals surface area contributed by atoms with Gasteiger partial charge in [-0.2, -0.15) is 0 Å². The number of urea groups is 1. The van der Waals surface area contributed by atoms with Crippen molar-refractivity contribution in [2.45, 2.75) is 43.0 Å². The summed E-state index contributed by atoms with van der Waals surface area (Å²) in [4.78, 5) is 14.1. The van der Waals surface area contributed by atoms with Crippen molar-refractivity contribution in [3.63, 3.8) is 0 Å². The average Bonchev–Trinajstić information content (AvgIpc) is 3.05. The number of nitrogens with zero attached hydrogens (tertiary/aromatic N) is 1. The second kappa shape index (κ2) is 5.31. The molecule has 1 aliphatic heterocycles. The number of benzene rings is 1. The molecule has 21 heavy (non-hydrogen) atoms. The summed E-state index contributed by atoms with van der Waals surface area (Å²) in [5.41, 5.74) is 1.63. The molecule has 0 atom stereocenters. The van der Waals surface area contributed by atoms with E-state index >= 15 is 0 Å². The predicted octanol–water partition coefficient (Wildman–Crippen LogP) is 1.35. The van der Waals surface area contributed by atoms with Crippen LogP contribution in [0.4, 0.5) is 10.5 Å². The highest BCUT2D eigenvalue weighted by Crippen LogP contribution is 2.30. The highest BCUT2D eigenvalue weighted by Gasteiger charge is 2.28. The topological polar surface area (TPSA) is 92.5 Å². The van der Waals surface area contributed by atoms with Crippen LogP contribution in [0.1, 0.15) is 31.2 Å². The zero-order valence-corrected chi connectivity index (χ0v) is 12.5. The van der Waals surface area contributed by atoms with Gasteiger partial charge in [0.05, 0.1) is 4.90 Å². The Morgan fingerprint density at radius 3 is 2.67 bits per heavy atom. The van der Waals surface area contributed by atoms with Crippen molar-refractivity contribution < 1.29 is 13.2 Å². The number of primary sulfonamides is 1. The highest BCUT2D eigenvalue weighted by atomic mass is 32.2. The number of hydrogen-bond donors (Lipinski definition) is 2. The fourth-order valence-corrected chi connectivity index (χ4v) is 3.65. The first-order valence-electron chi connectivity index (χ1n) is 7.19. The van der Waals surface area contributed by atoms with Gasteiger partial charge in [0.2, 0.25) is 10.0 Å². The van der Waals surface area contributed by atoms with Crippen molar-refractivity contribution in [1.29, 1.82) is 0 Å². The molecule has 0 bridgehead atoms. The lowest BCUT2D eigenvalue weighted by Crippen LogP contribution is -2.43. The first kappa shape index (κ1) is 14.3. The summed E-state index contributed by atoms with van der Waals surface area (Å²) in [6.45, 7) is 0.571. The van der Waals surface area contributed by atoms with E-state index in [0.717, 1.165) is 24.1 Å². The van der Waals surface area contributed by atoms with Crippen LogP contribution in [0.15, 0.2) is 23.1 Å². The van der Waals surface area contributed by atoms with Crippen LogP contribution < -0.4 is 15.4 Å². The van der Waals surface area contributed by atoms with Gasteiger partial charge in [-0.3, -0.25) is 4.90 Å². The van der Waals surface area contributed by atoms with Crippen LogP contribution in [0, 0.1) is 0 Å². The van der Waals surface area contributed by atoms with Crippen LogP contribution in [0.25, 0.3) is 0 Å². The van der Waals surface area contributed by atoms with E-state index in [2.05, 4.69) is 5.32 Å². The molecule has 3 rings (SSSR count). The molecule has 2 aliphatic rings. The van der Waals surface area contributed by atoms with Crippen LogP contribution in [-0.4, -0.2) is 27.0 Å². The Kier molecular flexibility index (Phi) is 3.62. The van der Waals surface area contributed by atoms with Gasteiger partial charge in [0.1, 0.15) is 0 Å². The van der Waals surface area contributed by atoms with E-state index in [1.165, 1.54) is 18.9 Å². The van der Waals surface area contributed by atoms with E-state index in [9.17, 15) is 13.2 Å². The maximum Gasteiger partial charge on any atom is 0.322 e. The molecule has 1 aromatic carbocycles. The molecule has 6 nitrogen and oxygen atoms in total. The van der Waals surface area contributed by atoms with Crippen LogP contribution in [0.2, 0.25) is 0 Å². The van der Waals surface area contributed by atoms with Gasteiger partial charge >= 0.3 is 6.03 Å². The minimum Gasteiger partial charge on any atom is -0.335 e. The Bertz CT molecular complexity index is 666. The molecule has 1 aromatic rings. The third kappa shape index (κ3) is 2.89. The predicted molar refractivity (Wildman–Crippen MR) is 79.7 cm³/mol. The Balaban J connectivity index is 1.78. The Morgan fingerprint density at radius 2 is 2.00 bits per heavy atom. The number of nitrogens with one attached hydrogen (secondary N) is 1. The van der Waals surface area contributed by atoms with Gasteiger partial charge in [-0.15, -0.1) is 0 Å². The Labute approximate surface area is 124 Å². The summed E-state index contributed by atoms with van der Waals surface area (Å²) >= 11 is 0. The molecule has 0 aromatic heterocycles. The number of amides is 2. The van der Waals surface area contributed by atoms with Gasteiger partial charge < -0.3 is 5.32 Å². The van der Waals surface area contributed by atoms with E-state index in [4.69, 9.17) is 5.14 Å². The second-order valence-corrected chi connectivity index (χ2v) is 7.23. The molecule has 1 fully saturated rings. The summed E-state index contributed by atoms with van der Waals surface area (Å²) in [6.07, 6.45) is 5.06. The lowest BCUT2D eigenvalue weighted by molar-refractivity contribution is 0.243. The number of carbonyl (C=O) groups excluding carboxylic acids is 1. The number of rotatable bonds is 2. The lowest BCUT2D eigenvalue weighted by atomic mass is 10.2. The standard InChI is InChI=1S/C14H19N3O3S/c15-21(19,20)12-5-6-13-10(9-12)7-8-17(13)14(18)16-11-3-1-2-4-11/h5-6,9,11H,1-4,7-8H2,(H,16,18)(H2,15,19,20). The second-order valence-electron chi connectivity index (χ2n) is 5.67. The molecular weight excluding hydrogens is 290 g/mol. The summed E-state index contributed by atoms with van der Waals surface area (Å²) in [7, 11) is -3.70. The maximum absolute atomic E-state index is 12.3. The highest BCUT2D eigenvalue weighted by molar-refractivity contribution is 7.89. The van der Waals surface area contributed by atoms with Crippen LogP contribution in [-0.2, 0) is 16.4 Å². The quantitative estimate of drug-likeness (QED) is 0.863. The monoisotopic (exact) mass is 309 g/mol. The fraction of sp³-hybridized carbons (Fsp3) is 0.500. The third-order valence-corrected chi connectivity index (χ3v) is 5.11. The van der Waals surface area contributed by atoms with E-state index in [1.54, 1.807) is 17.0 Å². The molecule has 1 heterocycles. The summed E-state index contributed by atoms with van der Waals surface area (Å²) < 4.78 is 22.7. The number of nitrogens with two attached hydrogens (primary N) is 1. The van der Waals surface area contributed by atoms with Crippen molar-refractivity contribution in [2.24, 2.45) is 5.14 Å². The summed E-state index contributed by atoms with van der Waals surface area (Å²) in [5.74, 6) is 0. The molecule has 1 aliphatic carbocycles. The minimum atomic E-state index is -3.70. The van der Waals surface area contributed by atoms with E-state index < -0.39 is 10.0 Å². The summed E-state index contributed by atoms with van der Waals surface area (Å²) in [5, 5.41) is 8.18. The third-order valence-electron chi connectivity index (χ3n) is 4.20. The zero-order chi connectivity index (χ0) is 15.0. The van der Waals surface area contributed by atoms with Gasteiger partial charge in [-0.1, -0.05) is 12.8 Å². The van der Waals surface area contributed by atoms with E-state index in [0.29, 0.717) is 13.0 Å². The Hall–Kier alpha value is -1.60. The first-order valence-corrected chi connectivity index (χ1v) is 8.73. The van der Waals surface area contributed by atoms with E-state index in [-0.39, 0.29) is 17.0 Å².